The van der Waals surface area contributed by atoms with Crippen LogP contribution in [0.4, 0.5) is 9.57 Å². The van der Waals surface area contributed by atoms with Gasteiger partial charge >= 0.3 is 10.2 Å². The molecule has 0 heterocycles. The molecule has 0 radical (unpaired) electrons. The molecule has 2 rings (SSSR count). The smallest absolute Gasteiger partial charge is 0.258 e. The minimum atomic E-state index is -4.95. The first-order valence-electron chi connectivity index (χ1n) is 6.05. The number of non-ortho nitro benzene ring substituents is 1. The summed E-state index contributed by atoms with van der Waals surface area (Å²) in [7, 11) is -4.95. The van der Waals surface area contributed by atoms with Crippen molar-refractivity contribution in [3.05, 3.63) is 67.7 Å². The van der Waals surface area contributed by atoms with E-state index >= 15 is 0 Å². The molecule has 0 N–H and O–H groups in total. The van der Waals surface area contributed by atoms with Crippen molar-refractivity contribution in [1.29, 1.82) is 0 Å². The summed E-state index contributed by atoms with van der Waals surface area (Å²) in [6, 6.07) is 7.55. The lowest BCUT2D eigenvalue weighted by Crippen LogP contribution is -1.95. The Morgan fingerprint density at radius 2 is 1.65 bits per heavy atom. The summed E-state index contributed by atoms with van der Waals surface area (Å²) in [5, 5.41) is 10.8. The maximum absolute atomic E-state index is 13.3. The molecule has 0 spiro atoms. The van der Waals surface area contributed by atoms with Crippen molar-refractivity contribution in [1.82, 2.24) is 0 Å². The zero-order valence-corrected chi connectivity index (χ0v) is 13.6. The van der Waals surface area contributed by atoms with E-state index in [4.69, 9.17) is 23.2 Å². The molecule has 0 aliphatic carbocycles. The first-order chi connectivity index (χ1) is 10.7. The summed E-state index contributed by atoms with van der Waals surface area (Å²) in [5.41, 5.74) is 0.311. The van der Waals surface area contributed by atoms with E-state index in [0.717, 1.165) is 12.1 Å². The summed E-state index contributed by atoms with van der Waals surface area (Å²) in [6.07, 6.45) is 2.75. The van der Waals surface area contributed by atoms with E-state index in [9.17, 15) is 22.4 Å². The molecule has 2 aromatic carbocycles. The number of halogens is 3. The number of hydrogen-bond acceptors (Lipinski definition) is 4. The van der Waals surface area contributed by atoms with Crippen LogP contribution < -0.4 is 0 Å². The molecule has 0 saturated heterocycles. The lowest BCUT2D eigenvalue weighted by Gasteiger charge is -2.03. The first-order valence-corrected chi connectivity index (χ1v) is 8.18. The molecular formula is C14H8Cl2FNO4S. The summed E-state index contributed by atoms with van der Waals surface area (Å²) in [6.45, 7) is 0. The Balaban J connectivity index is 2.44. The quantitative estimate of drug-likeness (QED) is 0.335. The van der Waals surface area contributed by atoms with Crippen LogP contribution in [0.1, 0.15) is 11.1 Å². The fourth-order valence-corrected chi connectivity index (χ4v) is 2.96. The third-order valence-corrected chi connectivity index (χ3v) is 4.32. The lowest BCUT2D eigenvalue weighted by molar-refractivity contribution is -0.384. The van der Waals surface area contributed by atoms with Crippen molar-refractivity contribution in [2.45, 2.75) is 4.90 Å². The van der Waals surface area contributed by atoms with Crippen molar-refractivity contribution in [3.63, 3.8) is 0 Å². The van der Waals surface area contributed by atoms with Gasteiger partial charge in [0.25, 0.3) is 5.69 Å². The second kappa shape index (κ2) is 6.66. The number of nitro benzene ring substituents is 1. The van der Waals surface area contributed by atoms with Crippen LogP contribution in [0, 0.1) is 10.1 Å². The molecule has 2 aromatic rings. The van der Waals surface area contributed by atoms with Gasteiger partial charge in [-0.05, 0) is 29.3 Å². The Morgan fingerprint density at radius 3 is 2.22 bits per heavy atom. The maximum atomic E-state index is 13.3. The Kier molecular flexibility index (Phi) is 5.03. The van der Waals surface area contributed by atoms with Gasteiger partial charge in [-0.3, -0.25) is 10.1 Å². The van der Waals surface area contributed by atoms with Crippen molar-refractivity contribution in [3.8, 4) is 0 Å². The van der Waals surface area contributed by atoms with E-state index in [0.29, 0.717) is 5.56 Å². The Hall–Kier alpha value is -1.96. The average molecular weight is 376 g/mol. The van der Waals surface area contributed by atoms with Gasteiger partial charge in [0.15, 0.2) is 0 Å². The third kappa shape index (κ3) is 4.28. The highest BCUT2D eigenvalue weighted by atomic mass is 35.5. The van der Waals surface area contributed by atoms with Crippen LogP contribution in [0.2, 0.25) is 10.0 Å². The van der Waals surface area contributed by atoms with E-state index in [1.165, 1.54) is 36.4 Å². The van der Waals surface area contributed by atoms with Crippen molar-refractivity contribution >= 4 is 51.3 Å². The molecule has 0 bridgehead atoms. The first kappa shape index (κ1) is 17.4. The Morgan fingerprint density at radius 1 is 1.04 bits per heavy atom. The second-order valence-electron chi connectivity index (χ2n) is 4.42. The molecular weight excluding hydrogens is 368 g/mol. The van der Waals surface area contributed by atoms with Crippen LogP contribution in [0.25, 0.3) is 12.2 Å². The van der Waals surface area contributed by atoms with Crippen molar-refractivity contribution in [2.75, 3.05) is 0 Å². The standard InChI is InChI=1S/C14H8Cl2FNO4S/c15-11-5-3-10(14(7-11)23(17,21)22)2-1-9-4-6-12(18(19)20)8-13(9)16/h1-8H. The van der Waals surface area contributed by atoms with Gasteiger partial charge in [-0.25, -0.2) is 0 Å². The summed E-state index contributed by atoms with van der Waals surface area (Å²) < 4.78 is 35.6. The maximum Gasteiger partial charge on any atom is 0.332 e. The molecule has 0 aromatic heterocycles. The highest BCUT2D eigenvalue weighted by Gasteiger charge is 2.16. The van der Waals surface area contributed by atoms with Gasteiger partial charge in [-0.2, -0.15) is 8.42 Å². The molecule has 120 valence electrons. The molecule has 0 aliphatic heterocycles. The molecule has 23 heavy (non-hydrogen) atoms. The van der Waals surface area contributed by atoms with Crippen LogP contribution in [0.15, 0.2) is 41.3 Å². The molecule has 0 saturated carbocycles. The monoisotopic (exact) mass is 375 g/mol. The number of hydrogen-bond donors (Lipinski definition) is 0. The van der Waals surface area contributed by atoms with Gasteiger partial charge < -0.3 is 0 Å². The van der Waals surface area contributed by atoms with Crippen LogP contribution >= 0.6 is 23.2 Å². The van der Waals surface area contributed by atoms with Crippen molar-refractivity contribution < 1.29 is 17.2 Å². The predicted octanol–water partition coefficient (Wildman–Crippen LogP) is 4.73. The lowest BCUT2D eigenvalue weighted by atomic mass is 10.1. The largest absolute Gasteiger partial charge is 0.332 e. The van der Waals surface area contributed by atoms with E-state index in [-0.39, 0.29) is 21.3 Å². The topological polar surface area (TPSA) is 77.3 Å². The van der Waals surface area contributed by atoms with E-state index in [2.05, 4.69) is 0 Å². The zero-order valence-electron chi connectivity index (χ0n) is 11.2. The zero-order chi connectivity index (χ0) is 17.2. The molecule has 0 amide bonds. The molecule has 0 unspecified atom stereocenters. The summed E-state index contributed by atoms with van der Waals surface area (Å²) in [5.74, 6) is 0. The highest BCUT2D eigenvalue weighted by Crippen LogP contribution is 2.27. The fraction of sp³-hybridized carbons (Fsp3) is 0. The van der Waals surface area contributed by atoms with Gasteiger partial charge in [0.05, 0.1) is 9.95 Å². The molecule has 5 nitrogen and oxygen atoms in total. The number of rotatable bonds is 4. The number of nitrogens with zero attached hydrogens (tertiary/aromatic N) is 1. The number of nitro groups is 1. The van der Waals surface area contributed by atoms with Crippen LogP contribution in [-0.2, 0) is 10.2 Å². The second-order valence-corrected chi connectivity index (χ2v) is 6.58. The molecule has 0 fully saturated rings. The fourth-order valence-electron chi connectivity index (χ4n) is 1.80. The normalized spacial score (nSPS) is 11.8. The van der Waals surface area contributed by atoms with Crippen LogP contribution in [0.3, 0.4) is 0 Å². The summed E-state index contributed by atoms with van der Waals surface area (Å²) in [4.78, 5) is 9.48. The highest BCUT2D eigenvalue weighted by molar-refractivity contribution is 7.86. The van der Waals surface area contributed by atoms with Crippen LogP contribution in [0.5, 0.6) is 0 Å². The summed E-state index contributed by atoms with van der Waals surface area (Å²) >= 11 is 11.6. The van der Waals surface area contributed by atoms with Gasteiger partial charge in [-0.1, -0.05) is 41.4 Å². The van der Waals surface area contributed by atoms with Crippen molar-refractivity contribution in [2.24, 2.45) is 0 Å². The predicted molar refractivity (Wildman–Crippen MR) is 86.8 cm³/mol. The minimum Gasteiger partial charge on any atom is -0.258 e. The van der Waals surface area contributed by atoms with Gasteiger partial charge in [0.1, 0.15) is 4.90 Å². The minimum absolute atomic E-state index is 0.0753. The third-order valence-electron chi connectivity index (χ3n) is 2.88. The number of benzene rings is 2. The Labute approximate surface area is 141 Å². The SMILES string of the molecule is O=[N+]([O-])c1ccc(C=Cc2ccc(Cl)cc2S(=O)(=O)F)c(Cl)c1. The van der Waals surface area contributed by atoms with Gasteiger partial charge in [0, 0.05) is 17.2 Å². The average Bonchev–Trinajstić information content (AvgIpc) is 2.45. The Bertz CT molecular complexity index is 913. The van der Waals surface area contributed by atoms with Gasteiger partial charge in [0.2, 0.25) is 0 Å². The van der Waals surface area contributed by atoms with Gasteiger partial charge in [-0.15, -0.1) is 3.89 Å². The molecule has 0 atom stereocenters. The molecule has 9 heteroatoms. The van der Waals surface area contributed by atoms with E-state index in [1.54, 1.807) is 0 Å². The van der Waals surface area contributed by atoms with Crippen LogP contribution in [-0.4, -0.2) is 13.3 Å². The van der Waals surface area contributed by atoms with E-state index < -0.39 is 20.0 Å². The molecule has 0 aliphatic rings. The van der Waals surface area contributed by atoms with E-state index in [1.807, 2.05) is 0 Å².